The van der Waals surface area contributed by atoms with Crippen molar-refractivity contribution in [3.05, 3.63) is 28.7 Å². The zero-order chi connectivity index (χ0) is 11.8. The first-order valence-electron chi connectivity index (χ1n) is 5.94. The average molecular weight is 287 g/mol. The van der Waals surface area contributed by atoms with Gasteiger partial charge in [-0.05, 0) is 41.4 Å². The van der Waals surface area contributed by atoms with Crippen LogP contribution in [-0.2, 0) is 0 Å². The van der Waals surface area contributed by atoms with Crippen LogP contribution in [0.5, 0.6) is 5.75 Å². The molecule has 0 amide bonds. The van der Waals surface area contributed by atoms with Crippen LogP contribution < -0.4 is 10.1 Å². The Morgan fingerprint density at radius 3 is 2.81 bits per heavy atom. The van der Waals surface area contributed by atoms with Crippen LogP contribution in [0.3, 0.4) is 0 Å². The molecule has 0 saturated heterocycles. The van der Waals surface area contributed by atoms with Crippen molar-refractivity contribution in [2.45, 2.75) is 32.7 Å². The van der Waals surface area contributed by atoms with Crippen molar-refractivity contribution < 1.29 is 10.1 Å². The Morgan fingerprint density at radius 2 is 2.12 bits per heavy atom. The van der Waals surface area contributed by atoms with Crippen LogP contribution in [0.4, 0.5) is 0 Å². The van der Waals surface area contributed by atoms with E-state index in [4.69, 9.17) is 4.74 Å². The van der Waals surface area contributed by atoms with Gasteiger partial charge in [-0.1, -0.05) is 19.1 Å². The molecule has 0 saturated carbocycles. The van der Waals surface area contributed by atoms with Crippen molar-refractivity contribution >= 4 is 15.9 Å². The van der Waals surface area contributed by atoms with Crippen LogP contribution in [0.25, 0.3) is 0 Å². The Bertz CT molecular complexity index is 304. The highest BCUT2D eigenvalue weighted by molar-refractivity contribution is 9.10. The van der Waals surface area contributed by atoms with E-state index in [0.29, 0.717) is 0 Å². The van der Waals surface area contributed by atoms with Gasteiger partial charge in [0.15, 0.2) is 0 Å². The lowest BCUT2D eigenvalue weighted by Crippen LogP contribution is -2.89. The van der Waals surface area contributed by atoms with Crippen LogP contribution in [0.2, 0.25) is 0 Å². The summed E-state index contributed by atoms with van der Waals surface area (Å²) in [7, 11) is 0. The van der Waals surface area contributed by atoms with E-state index in [1.807, 2.05) is 24.3 Å². The minimum Gasteiger partial charge on any atom is -0.492 e. The van der Waals surface area contributed by atoms with Gasteiger partial charge in [0.05, 0.1) is 23.7 Å². The largest absolute Gasteiger partial charge is 0.492 e. The van der Waals surface area contributed by atoms with Crippen LogP contribution in [0, 0.1) is 0 Å². The lowest BCUT2D eigenvalue weighted by atomic mass is 10.2. The molecule has 2 N–H and O–H groups in total. The lowest BCUT2D eigenvalue weighted by molar-refractivity contribution is -0.686. The fourth-order valence-corrected chi connectivity index (χ4v) is 1.80. The van der Waals surface area contributed by atoms with Crippen molar-refractivity contribution in [3.63, 3.8) is 0 Å². The molecular formula is C13H21BrNO+. The highest BCUT2D eigenvalue weighted by Gasteiger charge is 2.01. The predicted octanol–water partition coefficient (Wildman–Crippen LogP) is 2.58. The van der Waals surface area contributed by atoms with E-state index >= 15 is 0 Å². The molecule has 0 spiro atoms. The van der Waals surface area contributed by atoms with Crippen LogP contribution >= 0.6 is 15.9 Å². The molecule has 16 heavy (non-hydrogen) atoms. The molecule has 1 aromatic carbocycles. The maximum atomic E-state index is 5.69. The minimum absolute atomic E-state index is 0.725. The number of ether oxygens (including phenoxy) is 1. The molecule has 1 rings (SSSR count). The third kappa shape index (κ3) is 4.99. The summed E-state index contributed by atoms with van der Waals surface area (Å²) < 4.78 is 6.71. The van der Waals surface area contributed by atoms with E-state index in [9.17, 15) is 0 Å². The molecule has 0 fully saturated rings. The molecule has 1 atom stereocenters. The standard InChI is InChI=1S/C13H20BrNO/c1-3-11(2)15-9-6-10-16-13-8-5-4-7-12(13)14/h4-5,7-8,11,15H,3,6,9-10H2,1-2H3/p+1/t11-/m0/s1. The zero-order valence-electron chi connectivity index (χ0n) is 10.1. The molecule has 1 aromatic rings. The Balaban J connectivity index is 2.14. The second-order valence-corrected chi connectivity index (χ2v) is 4.90. The fraction of sp³-hybridized carbons (Fsp3) is 0.538. The van der Waals surface area contributed by atoms with Crippen molar-refractivity contribution in [2.75, 3.05) is 13.2 Å². The van der Waals surface area contributed by atoms with Gasteiger partial charge in [0.2, 0.25) is 0 Å². The van der Waals surface area contributed by atoms with E-state index in [-0.39, 0.29) is 0 Å². The fourth-order valence-electron chi connectivity index (χ4n) is 1.40. The third-order valence-electron chi connectivity index (χ3n) is 2.66. The summed E-state index contributed by atoms with van der Waals surface area (Å²) >= 11 is 3.47. The Labute approximate surface area is 107 Å². The van der Waals surface area contributed by atoms with Crippen LogP contribution in [0.15, 0.2) is 28.7 Å². The molecule has 3 heteroatoms. The molecule has 0 aliphatic carbocycles. The number of halogens is 1. The molecule has 0 unspecified atom stereocenters. The molecule has 0 aromatic heterocycles. The van der Waals surface area contributed by atoms with E-state index in [1.54, 1.807) is 0 Å². The third-order valence-corrected chi connectivity index (χ3v) is 3.31. The molecule has 0 aliphatic heterocycles. The first kappa shape index (κ1) is 13.5. The molecule has 90 valence electrons. The predicted molar refractivity (Wildman–Crippen MR) is 70.8 cm³/mol. The normalized spacial score (nSPS) is 12.4. The summed E-state index contributed by atoms with van der Waals surface area (Å²) in [5.41, 5.74) is 0. The summed E-state index contributed by atoms with van der Waals surface area (Å²) in [6.45, 7) is 6.41. The van der Waals surface area contributed by atoms with E-state index < -0.39 is 0 Å². The molecule has 0 bridgehead atoms. The number of quaternary nitrogens is 1. The van der Waals surface area contributed by atoms with Crippen molar-refractivity contribution in [1.29, 1.82) is 0 Å². The molecular weight excluding hydrogens is 266 g/mol. The minimum atomic E-state index is 0.725. The first-order chi connectivity index (χ1) is 7.74. The lowest BCUT2D eigenvalue weighted by Gasteiger charge is -2.09. The summed E-state index contributed by atoms with van der Waals surface area (Å²) in [5, 5.41) is 2.38. The summed E-state index contributed by atoms with van der Waals surface area (Å²) in [4.78, 5) is 0. The van der Waals surface area contributed by atoms with E-state index in [2.05, 4.69) is 35.1 Å². The van der Waals surface area contributed by atoms with Crippen molar-refractivity contribution in [2.24, 2.45) is 0 Å². The van der Waals surface area contributed by atoms with Gasteiger partial charge in [-0.3, -0.25) is 0 Å². The van der Waals surface area contributed by atoms with Gasteiger partial charge in [-0.25, -0.2) is 0 Å². The maximum absolute atomic E-state index is 5.69. The van der Waals surface area contributed by atoms with Crippen molar-refractivity contribution in [1.82, 2.24) is 0 Å². The number of hydrogen-bond acceptors (Lipinski definition) is 1. The Hall–Kier alpha value is -0.540. The van der Waals surface area contributed by atoms with Crippen molar-refractivity contribution in [3.8, 4) is 5.75 Å². The molecule has 0 aliphatic rings. The number of benzene rings is 1. The van der Waals surface area contributed by atoms with Gasteiger partial charge < -0.3 is 10.1 Å². The van der Waals surface area contributed by atoms with Gasteiger partial charge in [0.1, 0.15) is 5.75 Å². The Kier molecular flexibility index (Phi) is 6.50. The highest BCUT2D eigenvalue weighted by Crippen LogP contribution is 2.23. The Morgan fingerprint density at radius 1 is 1.38 bits per heavy atom. The average Bonchev–Trinajstić information content (AvgIpc) is 2.30. The summed E-state index contributed by atoms with van der Waals surface area (Å²) in [5.74, 6) is 0.936. The SMILES string of the molecule is CC[C@H](C)[NH2+]CCCOc1ccccc1Br. The second-order valence-electron chi connectivity index (χ2n) is 4.04. The summed E-state index contributed by atoms with van der Waals surface area (Å²) in [6.07, 6.45) is 2.32. The topological polar surface area (TPSA) is 25.8 Å². The molecule has 0 heterocycles. The van der Waals surface area contributed by atoms with Crippen LogP contribution in [0.1, 0.15) is 26.7 Å². The highest BCUT2D eigenvalue weighted by atomic mass is 79.9. The van der Waals surface area contributed by atoms with Gasteiger partial charge in [0.25, 0.3) is 0 Å². The number of nitrogens with two attached hydrogens (primary N) is 1. The number of hydrogen-bond donors (Lipinski definition) is 1. The summed E-state index contributed by atoms with van der Waals surface area (Å²) in [6, 6.07) is 8.70. The zero-order valence-corrected chi connectivity index (χ0v) is 11.7. The monoisotopic (exact) mass is 286 g/mol. The second kappa shape index (κ2) is 7.69. The smallest absolute Gasteiger partial charge is 0.133 e. The molecule has 2 nitrogen and oxygen atoms in total. The maximum Gasteiger partial charge on any atom is 0.133 e. The van der Waals surface area contributed by atoms with Gasteiger partial charge in [-0.2, -0.15) is 0 Å². The molecule has 0 radical (unpaired) electrons. The van der Waals surface area contributed by atoms with Gasteiger partial charge >= 0.3 is 0 Å². The van der Waals surface area contributed by atoms with E-state index in [1.165, 1.54) is 6.42 Å². The number of para-hydroxylation sites is 1. The first-order valence-corrected chi connectivity index (χ1v) is 6.74. The quantitative estimate of drug-likeness (QED) is 0.766. The van der Waals surface area contributed by atoms with Gasteiger partial charge in [-0.15, -0.1) is 0 Å². The number of rotatable bonds is 7. The van der Waals surface area contributed by atoms with Gasteiger partial charge in [0, 0.05) is 6.42 Å². The van der Waals surface area contributed by atoms with E-state index in [0.717, 1.165) is 35.8 Å². The van der Waals surface area contributed by atoms with Crippen LogP contribution in [-0.4, -0.2) is 19.2 Å².